The van der Waals surface area contributed by atoms with Crippen molar-refractivity contribution in [1.82, 2.24) is 10.3 Å². The first-order valence-electron chi connectivity index (χ1n) is 7.66. The van der Waals surface area contributed by atoms with E-state index in [2.05, 4.69) is 36.3 Å². The number of aromatic nitrogens is 1. The summed E-state index contributed by atoms with van der Waals surface area (Å²) >= 11 is 2.00. The van der Waals surface area contributed by atoms with E-state index in [1.165, 1.54) is 49.1 Å². The van der Waals surface area contributed by atoms with E-state index in [0.29, 0.717) is 6.04 Å². The molecule has 0 bridgehead atoms. The maximum absolute atomic E-state index is 4.62. The van der Waals surface area contributed by atoms with Crippen LogP contribution in [0.2, 0.25) is 0 Å². The normalized spacial score (nSPS) is 18.4. The van der Waals surface area contributed by atoms with E-state index in [4.69, 9.17) is 0 Å². The monoisotopic (exact) mass is 278 g/mol. The second-order valence-corrected chi connectivity index (χ2v) is 6.74. The van der Waals surface area contributed by atoms with Gasteiger partial charge in [0.15, 0.2) is 0 Å². The van der Waals surface area contributed by atoms with Crippen molar-refractivity contribution in [2.45, 2.75) is 68.7 Å². The minimum absolute atomic E-state index is 0.403. The lowest BCUT2D eigenvalue weighted by Crippen LogP contribution is -2.20. The van der Waals surface area contributed by atoms with Gasteiger partial charge in [-0.05, 0) is 38.8 Å². The molecule has 3 heteroatoms. The molecule has 1 aromatic rings. The molecule has 1 fully saturated rings. The Bertz CT molecular complexity index is 375. The van der Waals surface area contributed by atoms with Crippen molar-refractivity contribution in [2.75, 3.05) is 6.54 Å². The lowest BCUT2D eigenvalue weighted by Gasteiger charge is -2.23. The molecule has 1 atom stereocenters. The Morgan fingerprint density at radius 2 is 2.16 bits per heavy atom. The summed E-state index contributed by atoms with van der Waals surface area (Å²) in [7, 11) is 0. The first-order valence-corrected chi connectivity index (χ1v) is 8.54. The zero-order chi connectivity index (χ0) is 13.5. The number of rotatable bonds is 6. The van der Waals surface area contributed by atoms with Gasteiger partial charge in [0, 0.05) is 23.1 Å². The number of thioether (sulfide) groups is 1. The number of nitrogens with one attached hydrogen (secondary N) is 1. The lowest BCUT2D eigenvalue weighted by molar-refractivity contribution is 0.514. The highest BCUT2D eigenvalue weighted by Crippen LogP contribution is 2.35. The highest BCUT2D eigenvalue weighted by molar-refractivity contribution is 7.99. The van der Waals surface area contributed by atoms with Crippen LogP contribution in [0, 0.1) is 0 Å². The second-order valence-electron chi connectivity index (χ2n) is 5.45. The van der Waals surface area contributed by atoms with Gasteiger partial charge in [-0.25, -0.2) is 4.98 Å². The largest absolute Gasteiger partial charge is 0.310 e. The highest BCUT2D eigenvalue weighted by Gasteiger charge is 2.18. The van der Waals surface area contributed by atoms with E-state index >= 15 is 0 Å². The Labute approximate surface area is 121 Å². The molecule has 0 radical (unpaired) electrons. The number of hydrogen-bond acceptors (Lipinski definition) is 3. The van der Waals surface area contributed by atoms with E-state index in [-0.39, 0.29) is 0 Å². The van der Waals surface area contributed by atoms with E-state index in [9.17, 15) is 0 Å². The molecule has 1 aromatic heterocycles. The van der Waals surface area contributed by atoms with Gasteiger partial charge in [-0.3, -0.25) is 0 Å². The van der Waals surface area contributed by atoms with Crippen molar-refractivity contribution in [3.05, 3.63) is 23.9 Å². The smallest absolute Gasteiger partial charge is 0.101 e. The van der Waals surface area contributed by atoms with Crippen LogP contribution in [0.4, 0.5) is 0 Å². The SMILES string of the molecule is CCCNC(C)c1cccnc1SC1CCCCC1. The fourth-order valence-corrected chi connectivity index (χ4v) is 4.03. The van der Waals surface area contributed by atoms with Crippen molar-refractivity contribution in [3.8, 4) is 0 Å². The Morgan fingerprint density at radius 1 is 1.37 bits per heavy atom. The van der Waals surface area contributed by atoms with Gasteiger partial charge in [-0.2, -0.15) is 0 Å². The molecule has 106 valence electrons. The number of nitrogens with zero attached hydrogens (tertiary/aromatic N) is 1. The summed E-state index contributed by atoms with van der Waals surface area (Å²) in [5.41, 5.74) is 1.37. The van der Waals surface area contributed by atoms with Gasteiger partial charge in [0.05, 0.1) is 0 Å². The summed E-state index contributed by atoms with van der Waals surface area (Å²) < 4.78 is 0. The van der Waals surface area contributed by atoms with Gasteiger partial charge in [0.2, 0.25) is 0 Å². The van der Waals surface area contributed by atoms with Crippen LogP contribution in [0.3, 0.4) is 0 Å². The molecule has 0 spiro atoms. The maximum Gasteiger partial charge on any atom is 0.101 e. The third kappa shape index (κ3) is 4.50. The van der Waals surface area contributed by atoms with Crippen LogP contribution in [-0.4, -0.2) is 16.8 Å². The topological polar surface area (TPSA) is 24.9 Å². The molecular weight excluding hydrogens is 252 g/mol. The predicted octanol–water partition coefficient (Wildman–Crippen LogP) is 4.57. The summed E-state index contributed by atoms with van der Waals surface area (Å²) in [6, 6.07) is 4.69. The molecule has 0 aliphatic heterocycles. The second kappa shape index (κ2) is 7.91. The van der Waals surface area contributed by atoms with Gasteiger partial charge < -0.3 is 5.32 Å². The van der Waals surface area contributed by atoms with Crippen molar-refractivity contribution in [2.24, 2.45) is 0 Å². The van der Waals surface area contributed by atoms with Gasteiger partial charge in [-0.1, -0.05) is 32.3 Å². The summed E-state index contributed by atoms with van der Waals surface area (Å²) in [4.78, 5) is 4.62. The van der Waals surface area contributed by atoms with Crippen LogP contribution in [-0.2, 0) is 0 Å². The van der Waals surface area contributed by atoms with Crippen molar-refractivity contribution in [3.63, 3.8) is 0 Å². The Balaban J connectivity index is 2.02. The lowest BCUT2D eigenvalue weighted by atomic mass is 10.0. The van der Waals surface area contributed by atoms with Crippen LogP contribution >= 0.6 is 11.8 Å². The zero-order valence-corrected chi connectivity index (χ0v) is 13.0. The molecule has 0 saturated heterocycles. The molecule has 1 aliphatic rings. The molecule has 19 heavy (non-hydrogen) atoms. The standard InChI is InChI=1S/C16H26N2S/c1-3-11-17-13(2)15-10-7-12-18-16(15)19-14-8-5-4-6-9-14/h7,10,12-14,17H,3-6,8-9,11H2,1-2H3. The quantitative estimate of drug-likeness (QED) is 0.825. The average Bonchev–Trinajstić information content (AvgIpc) is 2.46. The molecule has 0 aromatic carbocycles. The molecule has 2 nitrogen and oxygen atoms in total. The molecule has 1 heterocycles. The fourth-order valence-electron chi connectivity index (χ4n) is 2.64. The summed E-state index contributed by atoms with van der Waals surface area (Å²) in [5.74, 6) is 0. The van der Waals surface area contributed by atoms with E-state index < -0.39 is 0 Å². The van der Waals surface area contributed by atoms with Crippen LogP contribution < -0.4 is 5.32 Å². The van der Waals surface area contributed by atoms with Gasteiger partial charge in [0.1, 0.15) is 5.03 Å². The molecular formula is C16H26N2S. The maximum atomic E-state index is 4.62. The van der Waals surface area contributed by atoms with Crippen LogP contribution in [0.25, 0.3) is 0 Å². The van der Waals surface area contributed by atoms with Gasteiger partial charge in [-0.15, -0.1) is 11.8 Å². The highest BCUT2D eigenvalue weighted by atomic mass is 32.2. The Hall–Kier alpha value is -0.540. The number of pyridine rings is 1. The van der Waals surface area contributed by atoms with Crippen LogP contribution in [0.15, 0.2) is 23.4 Å². The van der Waals surface area contributed by atoms with E-state index in [1.54, 1.807) is 0 Å². The summed E-state index contributed by atoms with van der Waals surface area (Å²) in [5, 5.41) is 5.59. The molecule has 2 rings (SSSR count). The molecule has 0 amide bonds. The predicted molar refractivity (Wildman–Crippen MR) is 83.7 cm³/mol. The third-order valence-corrected chi connectivity index (χ3v) is 5.17. The zero-order valence-electron chi connectivity index (χ0n) is 12.2. The minimum atomic E-state index is 0.403. The van der Waals surface area contributed by atoms with Gasteiger partial charge in [0.25, 0.3) is 0 Å². The van der Waals surface area contributed by atoms with E-state index in [0.717, 1.165) is 11.8 Å². The molecule has 1 unspecified atom stereocenters. The van der Waals surface area contributed by atoms with Crippen molar-refractivity contribution in [1.29, 1.82) is 0 Å². The third-order valence-electron chi connectivity index (χ3n) is 3.80. The molecule has 1 N–H and O–H groups in total. The Kier molecular flexibility index (Phi) is 6.18. The Morgan fingerprint density at radius 3 is 2.89 bits per heavy atom. The summed E-state index contributed by atoms with van der Waals surface area (Å²) in [6.45, 7) is 5.53. The van der Waals surface area contributed by atoms with E-state index in [1.807, 2.05) is 18.0 Å². The van der Waals surface area contributed by atoms with Crippen molar-refractivity contribution >= 4 is 11.8 Å². The van der Waals surface area contributed by atoms with Crippen molar-refractivity contribution < 1.29 is 0 Å². The van der Waals surface area contributed by atoms with Crippen LogP contribution in [0.1, 0.15) is 64.0 Å². The van der Waals surface area contributed by atoms with Crippen LogP contribution in [0.5, 0.6) is 0 Å². The fraction of sp³-hybridized carbons (Fsp3) is 0.688. The summed E-state index contributed by atoms with van der Waals surface area (Å²) in [6.07, 6.45) is 10.0. The van der Waals surface area contributed by atoms with Gasteiger partial charge >= 0.3 is 0 Å². The molecule has 1 saturated carbocycles. The minimum Gasteiger partial charge on any atom is -0.310 e. The molecule has 1 aliphatic carbocycles. The first kappa shape index (κ1) is 14.9. The number of hydrogen-bond donors (Lipinski definition) is 1. The first-order chi connectivity index (χ1) is 9.31. The average molecular weight is 278 g/mol.